The van der Waals surface area contributed by atoms with Gasteiger partial charge in [-0.15, -0.1) is 0 Å². The summed E-state index contributed by atoms with van der Waals surface area (Å²) in [6, 6.07) is 11.6. The fourth-order valence-corrected chi connectivity index (χ4v) is 2.51. The monoisotopic (exact) mass is 384 g/mol. The zero-order valence-electron chi connectivity index (χ0n) is 15.0. The number of ether oxygens (including phenoxy) is 2. The van der Waals surface area contributed by atoms with Gasteiger partial charge in [0.2, 0.25) is 0 Å². The smallest absolute Gasteiger partial charge is 0.336 e. The van der Waals surface area contributed by atoms with Gasteiger partial charge in [0, 0.05) is 29.7 Å². The van der Waals surface area contributed by atoms with Crippen molar-refractivity contribution in [2.45, 2.75) is 13.0 Å². The third-order valence-electron chi connectivity index (χ3n) is 3.93. The number of benzene rings is 2. The lowest BCUT2D eigenvalue weighted by Gasteiger charge is -2.16. The number of nitro benzene ring substituents is 1. The molecular weight excluding hydrogens is 368 g/mol. The molecule has 1 aromatic heterocycles. The Morgan fingerprint density at radius 3 is 2.64 bits per heavy atom. The molecule has 0 spiro atoms. The number of nitrogens with one attached hydrogen (secondary N) is 1. The van der Waals surface area contributed by atoms with Crippen molar-refractivity contribution in [1.82, 2.24) is 0 Å². The van der Waals surface area contributed by atoms with Crippen molar-refractivity contribution in [3.8, 4) is 11.5 Å². The van der Waals surface area contributed by atoms with E-state index < -0.39 is 22.6 Å². The van der Waals surface area contributed by atoms with E-state index in [1.165, 1.54) is 44.4 Å². The van der Waals surface area contributed by atoms with E-state index in [4.69, 9.17) is 13.9 Å². The van der Waals surface area contributed by atoms with Crippen LogP contribution < -0.4 is 20.4 Å². The van der Waals surface area contributed by atoms with Crippen molar-refractivity contribution in [1.29, 1.82) is 0 Å². The Morgan fingerprint density at radius 2 is 1.93 bits per heavy atom. The molecule has 9 heteroatoms. The van der Waals surface area contributed by atoms with Gasteiger partial charge in [0.15, 0.2) is 6.10 Å². The van der Waals surface area contributed by atoms with E-state index in [1.807, 2.05) is 0 Å². The molecule has 144 valence electrons. The van der Waals surface area contributed by atoms with Crippen molar-refractivity contribution in [3.63, 3.8) is 0 Å². The van der Waals surface area contributed by atoms with E-state index >= 15 is 0 Å². The summed E-state index contributed by atoms with van der Waals surface area (Å²) in [5.74, 6) is 0.0718. The molecule has 9 nitrogen and oxygen atoms in total. The van der Waals surface area contributed by atoms with Gasteiger partial charge >= 0.3 is 5.63 Å². The van der Waals surface area contributed by atoms with Crippen LogP contribution in [0.1, 0.15) is 6.92 Å². The first-order valence-corrected chi connectivity index (χ1v) is 8.21. The van der Waals surface area contributed by atoms with Crippen molar-refractivity contribution in [2.24, 2.45) is 0 Å². The number of rotatable bonds is 6. The molecule has 0 aliphatic rings. The normalized spacial score (nSPS) is 11.6. The molecular formula is C19H16N2O7. The van der Waals surface area contributed by atoms with E-state index in [2.05, 4.69) is 5.32 Å². The lowest BCUT2D eigenvalue weighted by atomic mass is 10.2. The highest BCUT2D eigenvalue weighted by atomic mass is 16.6. The number of carbonyl (C=O) groups is 1. The minimum atomic E-state index is -0.933. The van der Waals surface area contributed by atoms with E-state index in [9.17, 15) is 19.7 Å². The predicted molar refractivity (Wildman–Crippen MR) is 101 cm³/mol. The van der Waals surface area contributed by atoms with Gasteiger partial charge in [-0.1, -0.05) is 0 Å². The zero-order valence-corrected chi connectivity index (χ0v) is 15.0. The van der Waals surface area contributed by atoms with Crippen molar-refractivity contribution >= 4 is 28.3 Å². The van der Waals surface area contributed by atoms with Crippen LogP contribution in [0.5, 0.6) is 11.5 Å². The highest BCUT2D eigenvalue weighted by Crippen LogP contribution is 2.29. The standard InChI is InChI=1S/C19H16N2O7/c1-11(27-14-6-3-12-4-8-18(22)28-17(12)10-14)19(23)20-15-9-13(21(24)25)5-7-16(15)26-2/h3-11H,1-2H3,(H,20,23). The largest absolute Gasteiger partial charge is 0.495 e. The molecule has 2 aromatic carbocycles. The molecule has 1 unspecified atom stereocenters. The Balaban J connectivity index is 1.77. The summed E-state index contributed by atoms with van der Waals surface area (Å²) >= 11 is 0. The van der Waals surface area contributed by atoms with E-state index in [0.717, 1.165) is 0 Å². The molecule has 0 aliphatic heterocycles. The first kappa shape index (κ1) is 18.9. The maximum absolute atomic E-state index is 12.4. The van der Waals surface area contributed by atoms with Gasteiger partial charge in [0.1, 0.15) is 17.1 Å². The van der Waals surface area contributed by atoms with Gasteiger partial charge in [-0.3, -0.25) is 14.9 Å². The average Bonchev–Trinajstić information content (AvgIpc) is 2.67. The van der Waals surface area contributed by atoms with E-state index in [1.54, 1.807) is 18.2 Å². The maximum Gasteiger partial charge on any atom is 0.336 e. The third-order valence-corrected chi connectivity index (χ3v) is 3.93. The molecule has 3 aromatic rings. The number of anilines is 1. The minimum Gasteiger partial charge on any atom is -0.495 e. The Bertz CT molecular complexity index is 1110. The Hall–Kier alpha value is -3.88. The van der Waals surface area contributed by atoms with Crippen LogP contribution in [0.25, 0.3) is 11.0 Å². The Labute approximate surface area is 158 Å². The van der Waals surface area contributed by atoms with Crippen molar-refractivity contribution in [2.75, 3.05) is 12.4 Å². The highest BCUT2D eigenvalue weighted by molar-refractivity contribution is 5.95. The predicted octanol–water partition coefficient (Wildman–Crippen LogP) is 3.12. The summed E-state index contributed by atoms with van der Waals surface area (Å²) in [6.45, 7) is 1.52. The molecule has 0 aliphatic carbocycles. The molecule has 0 bridgehead atoms. The number of hydrogen-bond donors (Lipinski definition) is 1. The number of nitro groups is 1. The Kier molecular flexibility index (Phi) is 5.25. The molecule has 1 heterocycles. The topological polar surface area (TPSA) is 121 Å². The molecule has 0 saturated carbocycles. The summed E-state index contributed by atoms with van der Waals surface area (Å²) in [6.07, 6.45) is -0.933. The summed E-state index contributed by atoms with van der Waals surface area (Å²) in [4.78, 5) is 34.2. The maximum atomic E-state index is 12.4. The average molecular weight is 384 g/mol. The number of hydrogen-bond acceptors (Lipinski definition) is 7. The number of nitrogens with zero attached hydrogens (tertiary/aromatic N) is 1. The van der Waals surface area contributed by atoms with Crippen LogP contribution in [-0.2, 0) is 4.79 Å². The first-order chi connectivity index (χ1) is 13.4. The molecule has 0 fully saturated rings. The number of amides is 1. The second kappa shape index (κ2) is 7.78. The van der Waals surface area contributed by atoms with Gasteiger partial charge in [0.05, 0.1) is 17.7 Å². The summed E-state index contributed by atoms with van der Waals surface area (Å²) in [5.41, 5.74) is -0.193. The number of methoxy groups -OCH3 is 1. The van der Waals surface area contributed by atoms with Crippen LogP contribution in [0, 0.1) is 10.1 Å². The van der Waals surface area contributed by atoms with Crippen molar-refractivity contribution in [3.05, 3.63) is 69.1 Å². The molecule has 0 saturated heterocycles. The lowest BCUT2D eigenvalue weighted by Crippen LogP contribution is -2.30. The molecule has 28 heavy (non-hydrogen) atoms. The van der Waals surface area contributed by atoms with Crippen LogP contribution in [0.4, 0.5) is 11.4 Å². The fraction of sp³-hybridized carbons (Fsp3) is 0.158. The quantitative estimate of drug-likeness (QED) is 0.394. The van der Waals surface area contributed by atoms with Crippen LogP contribution in [0.2, 0.25) is 0 Å². The second-order valence-electron chi connectivity index (χ2n) is 5.85. The zero-order chi connectivity index (χ0) is 20.3. The lowest BCUT2D eigenvalue weighted by molar-refractivity contribution is -0.384. The van der Waals surface area contributed by atoms with Crippen LogP contribution >= 0.6 is 0 Å². The number of fused-ring (bicyclic) bond motifs is 1. The second-order valence-corrected chi connectivity index (χ2v) is 5.85. The SMILES string of the molecule is COc1ccc([N+](=O)[O-])cc1NC(=O)C(C)Oc1ccc2ccc(=O)oc2c1. The first-order valence-electron chi connectivity index (χ1n) is 8.21. The molecule has 1 amide bonds. The molecule has 0 radical (unpaired) electrons. The number of carbonyl (C=O) groups excluding carboxylic acids is 1. The molecule has 3 rings (SSSR count). The van der Waals surface area contributed by atoms with Gasteiger partial charge in [-0.2, -0.15) is 0 Å². The van der Waals surface area contributed by atoms with E-state index in [0.29, 0.717) is 16.7 Å². The summed E-state index contributed by atoms with van der Waals surface area (Å²) < 4.78 is 15.8. The fourth-order valence-electron chi connectivity index (χ4n) is 2.51. The van der Waals surface area contributed by atoms with Crippen LogP contribution in [0.3, 0.4) is 0 Å². The van der Waals surface area contributed by atoms with E-state index in [-0.39, 0.29) is 17.1 Å². The van der Waals surface area contributed by atoms with Gasteiger partial charge in [-0.05, 0) is 31.2 Å². The minimum absolute atomic E-state index is 0.154. The van der Waals surface area contributed by atoms with Gasteiger partial charge in [-0.25, -0.2) is 4.79 Å². The summed E-state index contributed by atoms with van der Waals surface area (Å²) in [7, 11) is 1.39. The molecule has 1 N–H and O–H groups in total. The number of non-ortho nitro benzene ring substituents is 1. The third kappa shape index (κ3) is 4.09. The van der Waals surface area contributed by atoms with Gasteiger partial charge in [0.25, 0.3) is 11.6 Å². The highest BCUT2D eigenvalue weighted by Gasteiger charge is 2.19. The molecule has 1 atom stereocenters. The van der Waals surface area contributed by atoms with Gasteiger partial charge < -0.3 is 19.2 Å². The summed E-state index contributed by atoms with van der Waals surface area (Å²) in [5, 5.41) is 14.2. The van der Waals surface area contributed by atoms with Crippen LogP contribution in [0.15, 0.2) is 57.7 Å². The van der Waals surface area contributed by atoms with Crippen molar-refractivity contribution < 1.29 is 23.6 Å². The Morgan fingerprint density at radius 1 is 1.18 bits per heavy atom. The van der Waals surface area contributed by atoms with Crippen LogP contribution in [-0.4, -0.2) is 24.0 Å².